The maximum Gasteiger partial charge on any atom is 0.337 e. The van der Waals surface area contributed by atoms with Crippen molar-refractivity contribution in [1.82, 2.24) is 10.3 Å². The topological polar surface area (TPSA) is 89.7 Å². The summed E-state index contributed by atoms with van der Waals surface area (Å²) in [7, 11) is 0. The van der Waals surface area contributed by atoms with Crippen LogP contribution in [-0.2, 0) is 14.3 Å². The fourth-order valence-electron chi connectivity index (χ4n) is 6.69. The lowest BCUT2D eigenvalue weighted by atomic mass is 9.71. The predicted octanol–water partition coefficient (Wildman–Crippen LogP) is 6.13. The van der Waals surface area contributed by atoms with Gasteiger partial charge in [0, 0.05) is 41.0 Å². The van der Waals surface area contributed by atoms with Gasteiger partial charge in [0.15, 0.2) is 17.3 Å². The molecule has 7 rings (SSSR count). The largest absolute Gasteiger partial charge is 0.459 e. The van der Waals surface area contributed by atoms with E-state index in [2.05, 4.69) is 16.4 Å². The fraction of sp³-hybridized carbons (Fsp3) is 0.375. The zero-order valence-electron chi connectivity index (χ0n) is 22.0. The van der Waals surface area contributed by atoms with Gasteiger partial charge in [-0.1, -0.05) is 24.6 Å². The number of ketones is 1. The van der Waals surface area contributed by atoms with E-state index in [1.807, 2.05) is 49.5 Å². The number of carbonyl (C=O) groups excluding carboxylic acids is 2. The van der Waals surface area contributed by atoms with Crippen molar-refractivity contribution in [2.24, 2.45) is 0 Å². The standard InChI is InChI=1S/C32H32N2O5/c1-18-29(32(36)39-23-5-3-2-4-6-23)30(21-8-7-19-11-12-33-24(19)13-21)31-25(34-18)14-22(15-26(31)35)20-9-10-27-28(16-20)38-17-37-27/h7-13,16,22-23,30,33-34H,2-6,14-15,17H2,1H3. The molecule has 2 aromatic carbocycles. The van der Waals surface area contributed by atoms with Gasteiger partial charge in [-0.25, -0.2) is 4.79 Å². The number of fused-ring (bicyclic) bond motifs is 2. The summed E-state index contributed by atoms with van der Waals surface area (Å²) < 4.78 is 17.1. The minimum absolute atomic E-state index is 0.00771. The number of benzene rings is 2. The van der Waals surface area contributed by atoms with Crippen molar-refractivity contribution in [2.45, 2.75) is 69.8 Å². The van der Waals surface area contributed by atoms with Crippen LogP contribution in [0.1, 0.15) is 74.8 Å². The van der Waals surface area contributed by atoms with Gasteiger partial charge in [-0.05, 0) is 85.7 Å². The first-order chi connectivity index (χ1) is 19.0. The van der Waals surface area contributed by atoms with Gasteiger partial charge >= 0.3 is 5.97 Å². The van der Waals surface area contributed by atoms with E-state index >= 15 is 0 Å². The number of ether oxygens (including phenoxy) is 3. The molecule has 0 saturated heterocycles. The number of aromatic amines is 1. The highest BCUT2D eigenvalue weighted by Crippen LogP contribution is 2.47. The SMILES string of the molecule is CC1=C(C(=O)OC2CCCCC2)C(c2ccc3cc[nH]c3c2)C2=C(CC(c3ccc4c(c3)OCO4)CC2=O)N1. The van der Waals surface area contributed by atoms with Crippen molar-refractivity contribution in [3.05, 3.63) is 82.3 Å². The van der Waals surface area contributed by atoms with Crippen LogP contribution in [0.5, 0.6) is 11.5 Å². The lowest BCUT2D eigenvalue weighted by molar-refractivity contribution is -0.146. The summed E-state index contributed by atoms with van der Waals surface area (Å²) in [4.78, 5) is 31.0. The van der Waals surface area contributed by atoms with E-state index in [4.69, 9.17) is 14.2 Å². The molecule has 2 unspecified atom stereocenters. The van der Waals surface area contributed by atoms with Crippen LogP contribution in [0.15, 0.2) is 71.2 Å². The molecular formula is C32H32N2O5. The third-order valence-corrected chi connectivity index (χ3v) is 8.65. The summed E-state index contributed by atoms with van der Waals surface area (Å²) in [6.07, 6.45) is 8.02. The quantitative estimate of drug-likeness (QED) is 0.399. The minimum atomic E-state index is -0.477. The summed E-state index contributed by atoms with van der Waals surface area (Å²) in [6.45, 7) is 2.14. The lowest BCUT2D eigenvalue weighted by Gasteiger charge is -2.37. The van der Waals surface area contributed by atoms with Crippen LogP contribution < -0.4 is 14.8 Å². The van der Waals surface area contributed by atoms with Crippen molar-refractivity contribution >= 4 is 22.7 Å². The molecule has 4 aliphatic rings. The zero-order chi connectivity index (χ0) is 26.5. The van der Waals surface area contributed by atoms with Gasteiger partial charge in [-0.15, -0.1) is 0 Å². The number of aromatic nitrogens is 1. The summed E-state index contributed by atoms with van der Waals surface area (Å²) >= 11 is 0. The monoisotopic (exact) mass is 524 g/mol. The molecule has 2 aliphatic heterocycles. The van der Waals surface area contributed by atoms with Crippen molar-refractivity contribution in [3.63, 3.8) is 0 Å². The number of allylic oxidation sites excluding steroid dienone is 3. The molecular weight excluding hydrogens is 492 g/mol. The minimum Gasteiger partial charge on any atom is -0.459 e. The van der Waals surface area contributed by atoms with Gasteiger partial charge in [0.05, 0.1) is 5.57 Å². The second-order valence-electron chi connectivity index (χ2n) is 11.1. The van der Waals surface area contributed by atoms with Gasteiger partial charge in [0.25, 0.3) is 0 Å². The average molecular weight is 525 g/mol. The highest BCUT2D eigenvalue weighted by molar-refractivity contribution is 6.04. The molecule has 1 saturated carbocycles. The summed E-state index contributed by atoms with van der Waals surface area (Å²) in [5.74, 6) is 0.719. The Morgan fingerprint density at radius 1 is 0.949 bits per heavy atom. The van der Waals surface area contributed by atoms with Gasteiger partial charge in [0.1, 0.15) is 6.10 Å². The number of dihydropyridines is 1. The first-order valence-electron chi connectivity index (χ1n) is 14.0. The number of carbonyl (C=O) groups is 2. The first kappa shape index (κ1) is 24.1. The molecule has 39 heavy (non-hydrogen) atoms. The van der Waals surface area contributed by atoms with E-state index in [9.17, 15) is 9.59 Å². The Bertz CT molecular complexity index is 1540. The lowest BCUT2D eigenvalue weighted by Crippen LogP contribution is -2.37. The number of H-pyrrole nitrogens is 1. The molecule has 1 aromatic heterocycles. The number of Topliss-reactive ketones (excluding diaryl/α,β-unsaturated/α-hetero) is 1. The van der Waals surface area contributed by atoms with Gasteiger partial charge in [0.2, 0.25) is 6.79 Å². The smallest absolute Gasteiger partial charge is 0.337 e. The van der Waals surface area contributed by atoms with Crippen LogP contribution in [0.25, 0.3) is 10.9 Å². The number of hydrogen-bond donors (Lipinski definition) is 2. The van der Waals surface area contributed by atoms with E-state index in [0.717, 1.165) is 70.6 Å². The molecule has 3 heterocycles. The van der Waals surface area contributed by atoms with E-state index in [0.29, 0.717) is 24.0 Å². The number of esters is 1. The van der Waals surface area contributed by atoms with Crippen LogP contribution in [0.2, 0.25) is 0 Å². The summed E-state index contributed by atoms with van der Waals surface area (Å²) in [5.41, 5.74) is 5.81. The Labute approximate surface area is 227 Å². The number of rotatable bonds is 4. The van der Waals surface area contributed by atoms with Crippen molar-refractivity contribution in [3.8, 4) is 11.5 Å². The Hall–Kier alpha value is -4.00. The third kappa shape index (κ3) is 4.30. The second-order valence-corrected chi connectivity index (χ2v) is 11.1. The van der Waals surface area contributed by atoms with Crippen LogP contribution in [0.3, 0.4) is 0 Å². The van der Waals surface area contributed by atoms with Crippen molar-refractivity contribution in [1.29, 1.82) is 0 Å². The van der Waals surface area contributed by atoms with Gasteiger partial charge in [-0.2, -0.15) is 0 Å². The zero-order valence-corrected chi connectivity index (χ0v) is 22.0. The molecule has 7 nitrogen and oxygen atoms in total. The maximum atomic E-state index is 14.0. The Kier molecular flexibility index (Phi) is 5.94. The maximum absolute atomic E-state index is 14.0. The summed E-state index contributed by atoms with van der Waals surface area (Å²) in [6, 6.07) is 14.1. The fourth-order valence-corrected chi connectivity index (χ4v) is 6.69. The second kappa shape index (κ2) is 9.63. The van der Waals surface area contributed by atoms with E-state index in [1.54, 1.807) is 0 Å². The molecule has 2 N–H and O–H groups in total. The highest BCUT2D eigenvalue weighted by atomic mass is 16.7. The molecule has 0 radical (unpaired) electrons. The van der Waals surface area contributed by atoms with Gasteiger partial charge < -0.3 is 24.5 Å². The predicted molar refractivity (Wildman–Crippen MR) is 146 cm³/mol. The molecule has 200 valence electrons. The molecule has 2 atom stereocenters. The van der Waals surface area contributed by atoms with Crippen LogP contribution in [0.4, 0.5) is 0 Å². The molecule has 3 aromatic rings. The molecule has 7 heteroatoms. The Morgan fingerprint density at radius 3 is 2.64 bits per heavy atom. The normalized spacial score (nSPS) is 23.2. The molecule has 0 amide bonds. The van der Waals surface area contributed by atoms with Crippen LogP contribution >= 0.6 is 0 Å². The van der Waals surface area contributed by atoms with Crippen LogP contribution in [-0.4, -0.2) is 29.6 Å². The van der Waals surface area contributed by atoms with Crippen molar-refractivity contribution < 1.29 is 23.8 Å². The Morgan fingerprint density at radius 2 is 1.77 bits per heavy atom. The molecule has 0 bridgehead atoms. The third-order valence-electron chi connectivity index (χ3n) is 8.65. The number of nitrogens with one attached hydrogen (secondary N) is 2. The Balaban J connectivity index is 1.27. The molecule has 2 aliphatic carbocycles. The molecule has 0 spiro atoms. The molecule has 1 fully saturated rings. The first-order valence-corrected chi connectivity index (χ1v) is 14.0. The van der Waals surface area contributed by atoms with Gasteiger partial charge in [-0.3, -0.25) is 4.79 Å². The number of hydrogen-bond acceptors (Lipinski definition) is 6. The van der Waals surface area contributed by atoms with E-state index in [1.165, 1.54) is 6.42 Å². The van der Waals surface area contributed by atoms with E-state index in [-0.39, 0.29) is 30.6 Å². The highest BCUT2D eigenvalue weighted by Gasteiger charge is 2.42. The van der Waals surface area contributed by atoms with Crippen molar-refractivity contribution in [2.75, 3.05) is 6.79 Å². The van der Waals surface area contributed by atoms with E-state index < -0.39 is 5.92 Å². The average Bonchev–Trinajstić information content (AvgIpc) is 3.61. The van der Waals surface area contributed by atoms with Crippen LogP contribution in [0, 0.1) is 0 Å². The summed E-state index contributed by atoms with van der Waals surface area (Å²) in [5, 5.41) is 4.56.